The number of ether oxygens (including phenoxy) is 2. The first kappa shape index (κ1) is 18.5. The van der Waals surface area contributed by atoms with Crippen LogP contribution in [0, 0.1) is 5.92 Å². The first-order chi connectivity index (χ1) is 12.5. The van der Waals surface area contributed by atoms with Crippen molar-refractivity contribution >= 4 is 23.3 Å². The number of fused-ring (bicyclic) bond motifs is 1. The Hall–Kier alpha value is -2.34. The average molecular weight is 378 g/mol. The fourth-order valence-corrected chi connectivity index (χ4v) is 3.73. The summed E-state index contributed by atoms with van der Waals surface area (Å²) in [6.07, 6.45) is 2.06. The first-order valence-electron chi connectivity index (χ1n) is 8.60. The van der Waals surface area contributed by atoms with Crippen molar-refractivity contribution in [2.24, 2.45) is 5.92 Å². The molecule has 0 aliphatic carbocycles. The van der Waals surface area contributed by atoms with Crippen LogP contribution in [-0.4, -0.2) is 36.3 Å². The number of rotatable bonds is 4. The normalized spacial score (nSPS) is 16.4. The summed E-state index contributed by atoms with van der Waals surface area (Å²) in [4.78, 5) is 14.9. The van der Waals surface area contributed by atoms with Crippen LogP contribution in [0.15, 0.2) is 30.5 Å². The van der Waals surface area contributed by atoms with Crippen LogP contribution >= 0.6 is 11.6 Å². The highest BCUT2D eigenvalue weighted by Gasteiger charge is 2.33. The zero-order valence-electron chi connectivity index (χ0n) is 15.5. The summed E-state index contributed by atoms with van der Waals surface area (Å²) in [7, 11) is 3.08. The number of urea groups is 1. The van der Waals surface area contributed by atoms with Gasteiger partial charge in [0, 0.05) is 31.0 Å². The smallest absolute Gasteiger partial charge is 0.322 e. The minimum atomic E-state index is -0.171. The molecule has 1 aliphatic rings. The third kappa shape index (κ3) is 3.33. The van der Waals surface area contributed by atoms with Gasteiger partial charge in [-0.05, 0) is 24.1 Å². The third-order valence-corrected chi connectivity index (χ3v) is 4.99. The largest absolute Gasteiger partial charge is 0.495 e. The Kier molecular flexibility index (Phi) is 5.32. The molecule has 2 heterocycles. The van der Waals surface area contributed by atoms with Crippen molar-refractivity contribution in [1.82, 2.24) is 9.47 Å². The molecule has 1 aliphatic heterocycles. The van der Waals surface area contributed by atoms with Crippen LogP contribution in [0.1, 0.15) is 25.6 Å². The van der Waals surface area contributed by atoms with Crippen molar-refractivity contribution in [1.29, 1.82) is 0 Å². The van der Waals surface area contributed by atoms with Crippen LogP contribution in [0.4, 0.5) is 10.5 Å². The van der Waals surface area contributed by atoms with Crippen molar-refractivity contribution in [2.45, 2.75) is 26.4 Å². The number of aromatic nitrogens is 1. The predicted octanol–water partition coefficient (Wildman–Crippen LogP) is 4.40. The molecule has 0 saturated heterocycles. The summed E-state index contributed by atoms with van der Waals surface area (Å²) in [5.41, 5.74) is 1.67. The number of amides is 2. The van der Waals surface area contributed by atoms with Gasteiger partial charge in [0.05, 0.1) is 31.0 Å². The molecule has 1 aromatic heterocycles. The quantitative estimate of drug-likeness (QED) is 0.858. The standard InChI is InChI=1S/C19H24ClN3O3/c1-12(2)18-15-6-5-7-22(15)8-9-23(18)19(24)21-14-10-13(20)16(25-3)11-17(14)26-4/h5-7,10-12,18H,8-9H2,1-4H3,(H,21,24). The van der Waals surface area contributed by atoms with Gasteiger partial charge in [0.15, 0.2) is 0 Å². The Morgan fingerprint density at radius 2 is 1.96 bits per heavy atom. The Bertz CT molecular complexity index is 803. The molecule has 0 fully saturated rings. The molecule has 1 atom stereocenters. The summed E-state index contributed by atoms with van der Waals surface area (Å²) >= 11 is 6.21. The Morgan fingerprint density at radius 1 is 1.23 bits per heavy atom. The molecule has 0 radical (unpaired) electrons. The van der Waals surface area contributed by atoms with Crippen LogP contribution in [0.3, 0.4) is 0 Å². The molecule has 1 N–H and O–H groups in total. The maximum Gasteiger partial charge on any atom is 0.322 e. The zero-order chi connectivity index (χ0) is 18.8. The maximum atomic E-state index is 13.0. The minimum Gasteiger partial charge on any atom is -0.495 e. The van der Waals surface area contributed by atoms with Gasteiger partial charge in [-0.15, -0.1) is 0 Å². The molecule has 0 saturated carbocycles. The van der Waals surface area contributed by atoms with Crippen molar-refractivity contribution in [3.8, 4) is 11.5 Å². The molecule has 7 heteroatoms. The van der Waals surface area contributed by atoms with E-state index >= 15 is 0 Å². The number of nitrogens with one attached hydrogen (secondary N) is 1. The highest BCUT2D eigenvalue weighted by Crippen LogP contribution is 2.37. The van der Waals surface area contributed by atoms with Gasteiger partial charge in [0.25, 0.3) is 0 Å². The topological polar surface area (TPSA) is 55.7 Å². The molecule has 1 unspecified atom stereocenters. The van der Waals surface area contributed by atoms with Crippen LogP contribution in [0.25, 0.3) is 0 Å². The molecule has 2 amide bonds. The average Bonchev–Trinajstić information content (AvgIpc) is 3.09. The molecule has 140 valence electrons. The number of benzene rings is 1. The molecule has 2 aromatic rings. The van der Waals surface area contributed by atoms with E-state index in [0.717, 1.165) is 12.2 Å². The fraction of sp³-hybridized carbons (Fsp3) is 0.421. The lowest BCUT2D eigenvalue weighted by Gasteiger charge is -2.39. The summed E-state index contributed by atoms with van der Waals surface area (Å²) in [6, 6.07) is 7.26. The number of anilines is 1. The van der Waals surface area contributed by atoms with Crippen molar-refractivity contribution in [2.75, 3.05) is 26.1 Å². The van der Waals surface area contributed by atoms with E-state index in [1.165, 1.54) is 7.11 Å². The lowest BCUT2D eigenvalue weighted by Crippen LogP contribution is -2.45. The zero-order valence-corrected chi connectivity index (χ0v) is 16.2. The summed E-state index contributed by atoms with van der Waals surface area (Å²) in [5.74, 6) is 1.29. The highest BCUT2D eigenvalue weighted by atomic mass is 35.5. The molecule has 6 nitrogen and oxygen atoms in total. The van der Waals surface area contributed by atoms with E-state index in [1.807, 2.05) is 11.0 Å². The van der Waals surface area contributed by atoms with Gasteiger partial charge in [-0.1, -0.05) is 25.4 Å². The van der Waals surface area contributed by atoms with Crippen LogP contribution < -0.4 is 14.8 Å². The number of hydrogen-bond acceptors (Lipinski definition) is 3. The van der Waals surface area contributed by atoms with E-state index in [0.29, 0.717) is 28.8 Å². The number of hydrogen-bond donors (Lipinski definition) is 1. The molecular weight excluding hydrogens is 354 g/mol. The minimum absolute atomic E-state index is 0.0125. The van der Waals surface area contributed by atoms with E-state index in [9.17, 15) is 4.79 Å². The van der Waals surface area contributed by atoms with Gasteiger partial charge in [-0.2, -0.15) is 0 Å². The van der Waals surface area contributed by atoms with E-state index in [4.69, 9.17) is 21.1 Å². The van der Waals surface area contributed by atoms with Crippen molar-refractivity contribution in [3.63, 3.8) is 0 Å². The molecule has 0 spiro atoms. The molecule has 1 aromatic carbocycles. The van der Waals surface area contributed by atoms with E-state index < -0.39 is 0 Å². The SMILES string of the molecule is COc1cc(OC)c(NC(=O)N2CCn3cccc3C2C(C)C)cc1Cl. The van der Waals surface area contributed by atoms with Gasteiger partial charge in [-0.25, -0.2) is 4.79 Å². The lowest BCUT2D eigenvalue weighted by atomic mass is 9.97. The van der Waals surface area contributed by atoms with Gasteiger partial charge < -0.3 is 24.3 Å². The predicted molar refractivity (Wildman–Crippen MR) is 102 cm³/mol. The van der Waals surface area contributed by atoms with Crippen molar-refractivity contribution in [3.05, 3.63) is 41.2 Å². The number of nitrogens with zero attached hydrogens (tertiary/aromatic N) is 2. The second kappa shape index (κ2) is 7.50. The molecule has 3 rings (SSSR count). The second-order valence-electron chi connectivity index (χ2n) is 6.63. The fourth-order valence-electron chi connectivity index (χ4n) is 3.49. The summed E-state index contributed by atoms with van der Waals surface area (Å²) < 4.78 is 12.8. The number of halogens is 1. The lowest BCUT2D eigenvalue weighted by molar-refractivity contribution is 0.144. The number of carbonyl (C=O) groups excluding carboxylic acids is 1. The monoisotopic (exact) mass is 377 g/mol. The number of carbonyl (C=O) groups is 1. The maximum absolute atomic E-state index is 13.0. The van der Waals surface area contributed by atoms with E-state index in [-0.39, 0.29) is 18.0 Å². The van der Waals surface area contributed by atoms with Crippen LogP contribution in [-0.2, 0) is 6.54 Å². The molecule has 0 bridgehead atoms. The number of methoxy groups -OCH3 is 2. The van der Waals surface area contributed by atoms with Crippen LogP contribution in [0.5, 0.6) is 11.5 Å². The van der Waals surface area contributed by atoms with Crippen LogP contribution in [0.2, 0.25) is 5.02 Å². The van der Waals surface area contributed by atoms with E-state index in [2.05, 4.69) is 36.0 Å². The molecule has 26 heavy (non-hydrogen) atoms. The van der Waals surface area contributed by atoms with Gasteiger partial charge in [0.2, 0.25) is 0 Å². The summed E-state index contributed by atoms with van der Waals surface area (Å²) in [5, 5.41) is 3.36. The second-order valence-corrected chi connectivity index (χ2v) is 7.03. The third-order valence-electron chi connectivity index (χ3n) is 4.69. The Morgan fingerprint density at radius 3 is 2.62 bits per heavy atom. The summed E-state index contributed by atoms with van der Waals surface area (Å²) in [6.45, 7) is 5.67. The van der Waals surface area contributed by atoms with Crippen molar-refractivity contribution < 1.29 is 14.3 Å². The van der Waals surface area contributed by atoms with Gasteiger partial charge in [0.1, 0.15) is 11.5 Å². The first-order valence-corrected chi connectivity index (χ1v) is 8.98. The Balaban J connectivity index is 1.87. The van der Waals surface area contributed by atoms with Gasteiger partial charge >= 0.3 is 6.03 Å². The van der Waals surface area contributed by atoms with Gasteiger partial charge in [-0.3, -0.25) is 0 Å². The highest BCUT2D eigenvalue weighted by molar-refractivity contribution is 6.32. The Labute approximate surface area is 158 Å². The van der Waals surface area contributed by atoms with E-state index in [1.54, 1.807) is 19.2 Å². The molecular formula is C19H24ClN3O3.